The number of halogens is 1. The third-order valence-corrected chi connectivity index (χ3v) is 1.63. The lowest BCUT2D eigenvalue weighted by Gasteiger charge is -2.06. The fourth-order valence-electron chi connectivity index (χ4n) is 0.341. The second-order valence-electron chi connectivity index (χ2n) is 1.36. The molecule has 1 aliphatic rings. The third kappa shape index (κ3) is 1.01. The number of nitrogens with zero attached hydrogens (tertiary/aromatic N) is 2. The Kier molecular flexibility index (Phi) is 1.44. The Morgan fingerprint density at radius 3 is 2.86 bits per heavy atom. The normalized spacial score (nSPS) is 32.0. The lowest BCUT2D eigenvalue weighted by Crippen LogP contribution is -2.17. The highest BCUT2D eigenvalue weighted by Gasteiger charge is 2.12. The predicted octanol–water partition coefficient (Wildman–Crippen LogP) is 0.720. The molecular weight excluding hydrogens is 156 g/mol. The van der Waals surface area contributed by atoms with Crippen molar-refractivity contribution in [3.8, 4) is 0 Å². The Balaban J connectivity index is 2.45. The van der Waals surface area contributed by atoms with Crippen LogP contribution in [0.15, 0.2) is 4.99 Å². The molecule has 3 heteroatoms. The van der Waals surface area contributed by atoms with Crippen LogP contribution in [0.5, 0.6) is 0 Å². The molecule has 38 valence electrons. The molecule has 0 aromatic rings. The van der Waals surface area contributed by atoms with E-state index in [9.17, 15) is 0 Å². The van der Waals surface area contributed by atoms with Gasteiger partial charge in [-0.05, 0) is 7.05 Å². The van der Waals surface area contributed by atoms with Crippen LogP contribution in [-0.2, 0) is 0 Å². The second kappa shape index (κ2) is 1.92. The van der Waals surface area contributed by atoms with Gasteiger partial charge in [0.25, 0.3) is 0 Å². The van der Waals surface area contributed by atoms with Crippen molar-refractivity contribution in [2.24, 2.45) is 4.99 Å². The Hall–Kier alpha value is 0.110. The lowest BCUT2D eigenvalue weighted by atomic mass is 10.7. The van der Waals surface area contributed by atoms with Crippen molar-refractivity contribution < 1.29 is 0 Å². The van der Waals surface area contributed by atoms with Gasteiger partial charge in [-0.3, -0.25) is 9.89 Å². The van der Waals surface area contributed by atoms with Gasteiger partial charge in [0.15, 0.2) is 6.67 Å². The quantitative estimate of drug-likeness (QED) is 0.377. The summed E-state index contributed by atoms with van der Waals surface area (Å²) in [5, 5.41) is 0. The minimum Gasteiger partial charge on any atom is -0.264 e. The fourth-order valence-corrected chi connectivity index (χ4v) is 0.551. The minimum absolute atomic E-state index is 0.257. The van der Waals surface area contributed by atoms with E-state index < -0.39 is 0 Å². The standard InChI is InChI=1S/C4H5BrN2/c1-7-3-6-2-4(7)5/h2,4H,1H3. The van der Waals surface area contributed by atoms with Crippen LogP contribution < -0.4 is 0 Å². The highest BCUT2D eigenvalue weighted by molar-refractivity contribution is 9.09. The molecule has 0 aromatic heterocycles. The van der Waals surface area contributed by atoms with Crippen molar-refractivity contribution in [1.82, 2.24) is 4.90 Å². The summed E-state index contributed by atoms with van der Waals surface area (Å²) >= 11 is 3.32. The molecule has 0 saturated carbocycles. The fraction of sp³-hybridized carbons (Fsp3) is 0.500. The SMILES string of the molecule is CN1[C]N=CC1Br. The molecule has 0 aromatic carbocycles. The topological polar surface area (TPSA) is 15.6 Å². The summed E-state index contributed by atoms with van der Waals surface area (Å²) in [5.74, 6) is 0. The number of alkyl halides is 1. The maximum Gasteiger partial charge on any atom is 0.199 e. The van der Waals surface area contributed by atoms with E-state index in [1.54, 1.807) is 6.21 Å². The minimum atomic E-state index is 0.257. The van der Waals surface area contributed by atoms with E-state index in [-0.39, 0.29) is 4.95 Å². The summed E-state index contributed by atoms with van der Waals surface area (Å²) in [4.78, 5) is 5.85. The van der Waals surface area contributed by atoms with Crippen molar-refractivity contribution in [1.29, 1.82) is 0 Å². The number of aliphatic imine (C=N–C) groups is 1. The molecule has 1 atom stereocenters. The summed E-state index contributed by atoms with van der Waals surface area (Å²) < 4.78 is 0. The predicted molar refractivity (Wildman–Crippen MR) is 32.2 cm³/mol. The van der Waals surface area contributed by atoms with Crippen molar-refractivity contribution in [2.45, 2.75) is 4.95 Å². The van der Waals surface area contributed by atoms with Crippen LogP contribution in [0.1, 0.15) is 0 Å². The van der Waals surface area contributed by atoms with Crippen molar-refractivity contribution in [3.63, 3.8) is 0 Å². The molecule has 1 heterocycles. The molecule has 0 bridgehead atoms. The molecule has 0 fully saturated rings. The zero-order chi connectivity index (χ0) is 5.28. The van der Waals surface area contributed by atoms with E-state index in [1.165, 1.54) is 0 Å². The average molecular weight is 161 g/mol. The first-order valence-corrected chi connectivity index (χ1v) is 2.88. The first-order chi connectivity index (χ1) is 3.30. The van der Waals surface area contributed by atoms with Crippen molar-refractivity contribution >= 4 is 22.1 Å². The van der Waals surface area contributed by atoms with Crippen molar-refractivity contribution in [3.05, 3.63) is 6.67 Å². The van der Waals surface area contributed by atoms with Gasteiger partial charge in [-0.25, -0.2) is 0 Å². The highest BCUT2D eigenvalue weighted by Crippen LogP contribution is 2.09. The zero-order valence-electron chi connectivity index (χ0n) is 3.93. The largest absolute Gasteiger partial charge is 0.264 e. The first-order valence-electron chi connectivity index (χ1n) is 1.96. The molecule has 1 rings (SSSR count). The van der Waals surface area contributed by atoms with E-state index in [0.29, 0.717) is 0 Å². The van der Waals surface area contributed by atoms with E-state index in [4.69, 9.17) is 0 Å². The van der Waals surface area contributed by atoms with Crippen LogP contribution in [-0.4, -0.2) is 23.1 Å². The highest BCUT2D eigenvalue weighted by atomic mass is 79.9. The van der Waals surface area contributed by atoms with Gasteiger partial charge in [0, 0.05) is 6.21 Å². The summed E-state index contributed by atoms with van der Waals surface area (Å²) in [5.41, 5.74) is 0. The van der Waals surface area contributed by atoms with Gasteiger partial charge < -0.3 is 0 Å². The lowest BCUT2D eigenvalue weighted by molar-refractivity contribution is 0.469. The number of hydrogen-bond donors (Lipinski definition) is 0. The number of rotatable bonds is 0. The number of hydrogen-bond acceptors (Lipinski definition) is 2. The summed E-state index contributed by atoms with van der Waals surface area (Å²) in [6, 6.07) is 0. The molecule has 1 aliphatic heterocycles. The van der Waals surface area contributed by atoms with E-state index >= 15 is 0 Å². The van der Waals surface area contributed by atoms with E-state index in [0.717, 1.165) is 0 Å². The zero-order valence-corrected chi connectivity index (χ0v) is 5.51. The average Bonchev–Trinajstić information content (AvgIpc) is 1.91. The van der Waals surface area contributed by atoms with Gasteiger partial charge in [0.1, 0.15) is 4.95 Å². The van der Waals surface area contributed by atoms with Crippen LogP contribution in [0, 0.1) is 6.67 Å². The Morgan fingerprint density at radius 1 is 2.00 bits per heavy atom. The van der Waals surface area contributed by atoms with Crippen molar-refractivity contribution in [2.75, 3.05) is 7.05 Å². The third-order valence-electron chi connectivity index (χ3n) is 0.783. The van der Waals surface area contributed by atoms with Gasteiger partial charge in [-0.2, -0.15) is 0 Å². The molecule has 0 N–H and O–H groups in total. The Morgan fingerprint density at radius 2 is 2.71 bits per heavy atom. The second-order valence-corrected chi connectivity index (χ2v) is 2.30. The van der Waals surface area contributed by atoms with Crippen LogP contribution >= 0.6 is 15.9 Å². The maximum absolute atomic E-state index is 3.75. The first kappa shape index (κ1) is 5.25. The summed E-state index contributed by atoms with van der Waals surface area (Å²) in [6.45, 7) is 2.73. The van der Waals surface area contributed by atoms with Gasteiger partial charge in [0.2, 0.25) is 0 Å². The van der Waals surface area contributed by atoms with Crippen LogP contribution in [0.4, 0.5) is 0 Å². The van der Waals surface area contributed by atoms with E-state index in [2.05, 4.69) is 27.6 Å². The monoisotopic (exact) mass is 160 g/mol. The Bertz CT molecular complexity index is 91.7. The maximum atomic E-state index is 3.75. The molecule has 1 unspecified atom stereocenters. The van der Waals surface area contributed by atoms with Crippen LogP contribution in [0.3, 0.4) is 0 Å². The molecule has 7 heavy (non-hydrogen) atoms. The van der Waals surface area contributed by atoms with E-state index in [1.807, 2.05) is 11.9 Å². The molecule has 2 radical (unpaired) electrons. The van der Waals surface area contributed by atoms with Gasteiger partial charge in [-0.1, -0.05) is 15.9 Å². The van der Waals surface area contributed by atoms with Gasteiger partial charge in [-0.15, -0.1) is 0 Å². The smallest absolute Gasteiger partial charge is 0.199 e. The van der Waals surface area contributed by atoms with Crippen LogP contribution in [0.2, 0.25) is 0 Å². The molecule has 2 nitrogen and oxygen atoms in total. The molecule has 0 aliphatic carbocycles. The summed E-state index contributed by atoms with van der Waals surface area (Å²) in [7, 11) is 1.91. The molecular formula is C4H5BrN2. The van der Waals surface area contributed by atoms with Crippen LogP contribution in [0.25, 0.3) is 0 Å². The molecule has 0 saturated heterocycles. The van der Waals surface area contributed by atoms with Gasteiger partial charge in [0.05, 0.1) is 0 Å². The summed E-state index contributed by atoms with van der Waals surface area (Å²) in [6.07, 6.45) is 1.78. The molecule has 0 amide bonds. The van der Waals surface area contributed by atoms with Gasteiger partial charge >= 0.3 is 0 Å². The molecule has 0 spiro atoms. The Labute approximate surface area is 51.4 Å².